The Balaban J connectivity index is 1.70. The summed E-state index contributed by atoms with van der Waals surface area (Å²) in [6.45, 7) is 0.263. The van der Waals surface area contributed by atoms with Crippen LogP contribution in [0, 0.1) is 0 Å². The number of esters is 1. The number of hydrogen-bond donors (Lipinski definition) is 1. The van der Waals surface area contributed by atoms with Crippen LogP contribution in [0.25, 0.3) is 10.6 Å². The zero-order chi connectivity index (χ0) is 17.6. The van der Waals surface area contributed by atoms with E-state index in [1.54, 1.807) is 48.0 Å². The van der Waals surface area contributed by atoms with E-state index in [-0.39, 0.29) is 12.5 Å². The van der Waals surface area contributed by atoms with E-state index < -0.39 is 5.97 Å². The summed E-state index contributed by atoms with van der Waals surface area (Å²) in [6, 6.07) is 10.2. The molecule has 25 heavy (non-hydrogen) atoms. The summed E-state index contributed by atoms with van der Waals surface area (Å²) >= 11 is 1.57. The van der Waals surface area contributed by atoms with Gasteiger partial charge in [0.2, 0.25) is 0 Å². The highest BCUT2D eigenvalue weighted by Crippen LogP contribution is 2.24. The van der Waals surface area contributed by atoms with Crippen LogP contribution >= 0.6 is 11.3 Å². The topological polar surface area (TPSA) is 81.2 Å². The Labute approximate surface area is 148 Å². The largest absolute Gasteiger partial charge is 0.465 e. The second kappa shape index (κ2) is 7.67. The summed E-state index contributed by atoms with van der Waals surface area (Å²) in [5.41, 5.74) is 2.31. The average Bonchev–Trinajstić information content (AvgIpc) is 3.20. The van der Waals surface area contributed by atoms with Crippen molar-refractivity contribution in [3.05, 3.63) is 71.0 Å². The molecule has 0 aliphatic carbocycles. The predicted molar refractivity (Wildman–Crippen MR) is 94.3 cm³/mol. The highest BCUT2D eigenvalue weighted by atomic mass is 32.1. The van der Waals surface area contributed by atoms with Gasteiger partial charge in [-0.2, -0.15) is 0 Å². The number of nitrogens with one attached hydrogen (secondary N) is 1. The molecule has 3 aromatic rings. The SMILES string of the molecule is COC(=O)c1ccc(C(=O)NCc2nccnc2-c2cccs2)cc1. The number of aromatic nitrogens is 2. The first-order valence-corrected chi connectivity index (χ1v) is 8.37. The van der Waals surface area contributed by atoms with E-state index >= 15 is 0 Å². The van der Waals surface area contributed by atoms with Crippen molar-refractivity contribution in [1.29, 1.82) is 0 Å². The lowest BCUT2D eigenvalue weighted by Crippen LogP contribution is -2.23. The van der Waals surface area contributed by atoms with Gasteiger partial charge in [-0.05, 0) is 35.7 Å². The van der Waals surface area contributed by atoms with E-state index in [9.17, 15) is 9.59 Å². The molecule has 0 saturated heterocycles. The molecule has 0 saturated carbocycles. The zero-order valence-corrected chi connectivity index (χ0v) is 14.2. The summed E-state index contributed by atoms with van der Waals surface area (Å²) < 4.78 is 4.64. The standard InChI is InChI=1S/C18H15N3O3S/c1-24-18(23)13-6-4-12(5-7-13)17(22)21-11-14-16(20-9-8-19-14)15-3-2-10-25-15/h2-10H,11H2,1H3,(H,21,22). The number of hydrogen-bond acceptors (Lipinski definition) is 6. The first-order chi connectivity index (χ1) is 12.2. The molecule has 0 atom stereocenters. The van der Waals surface area contributed by atoms with Gasteiger partial charge in [-0.3, -0.25) is 14.8 Å². The molecule has 3 rings (SSSR count). The smallest absolute Gasteiger partial charge is 0.337 e. The van der Waals surface area contributed by atoms with Crippen molar-refractivity contribution in [2.75, 3.05) is 7.11 Å². The van der Waals surface area contributed by atoms with Gasteiger partial charge in [0, 0.05) is 18.0 Å². The second-order valence-electron chi connectivity index (χ2n) is 5.08. The molecule has 1 amide bonds. The van der Waals surface area contributed by atoms with Crippen LogP contribution in [-0.2, 0) is 11.3 Å². The number of methoxy groups -OCH3 is 1. The number of amides is 1. The molecular weight excluding hydrogens is 338 g/mol. The quantitative estimate of drug-likeness (QED) is 0.713. The van der Waals surface area contributed by atoms with Crippen molar-refractivity contribution in [3.63, 3.8) is 0 Å². The van der Waals surface area contributed by atoms with Crippen molar-refractivity contribution in [2.45, 2.75) is 6.54 Å². The van der Waals surface area contributed by atoms with E-state index in [1.165, 1.54) is 7.11 Å². The van der Waals surface area contributed by atoms with Gasteiger partial charge in [0.15, 0.2) is 0 Å². The summed E-state index contributed by atoms with van der Waals surface area (Å²) in [5.74, 6) is -0.689. The Bertz CT molecular complexity index is 877. The predicted octanol–water partition coefficient (Wildman–Crippen LogP) is 2.92. The van der Waals surface area contributed by atoms with Crippen LogP contribution in [0.1, 0.15) is 26.4 Å². The Hall–Kier alpha value is -3.06. The van der Waals surface area contributed by atoms with Crippen LogP contribution in [0.3, 0.4) is 0 Å². The molecule has 7 heteroatoms. The van der Waals surface area contributed by atoms with Crippen molar-refractivity contribution in [1.82, 2.24) is 15.3 Å². The van der Waals surface area contributed by atoms with E-state index in [4.69, 9.17) is 0 Å². The van der Waals surface area contributed by atoms with E-state index in [2.05, 4.69) is 20.0 Å². The normalized spacial score (nSPS) is 10.3. The Morgan fingerprint density at radius 3 is 2.48 bits per heavy atom. The summed E-state index contributed by atoms with van der Waals surface area (Å²) in [6.07, 6.45) is 3.23. The molecule has 0 aliphatic rings. The van der Waals surface area contributed by atoms with Crippen LogP contribution in [0.5, 0.6) is 0 Å². The molecule has 1 aromatic carbocycles. The van der Waals surface area contributed by atoms with Gasteiger partial charge in [-0.1, -0.05) is 6.07 Å². The minimum atomic E-state index is -0.438. The molecule has 0 unspecified atom stereocenters. The van der Waals surface area contributed by atoms with Crippen LogP contribution < -0.4 is 5.32 Å². The molecule has 126 valence electrons. The summed E-state index contributed by atoms with van der Waals surface area (Å²) in [7, 11) is 1.31. The number of carbonyl (C=O) groups excluding carboxylic acids is 2. The fourth-order valence-electron chi connectivity index (χ4n) is 2.26. The number of rotatable bonds is 5. The highest BCUT2D eigenvalue weighted by molar-refractivity contribution is 7.13. The molecule has 2 aromatic heterocycles. The second-order valence-corrected chi connectivity index (χ2v) is 6.03. The molecule has 0 radical (unpaired) electrons. The molecule has 0 fully saturated rings. The lowest BCUT2D eigenvalue weighted by atomic mass is 10.1. The van der Waals surface area contributed by atoms with Crippen molar-refractivity contribution < 1.29 is 14.3 Å². The van der Waals surface area contributed by atoms with E-state index in [0.717, 1.165) is 10.6 Å². The maximum Gasteiger partial charge on any atom is 0.337 e. The maximum atomic E-state index is 12.3. The van der Waals surface area contributed by atoms with Gasteiger partial charge in [-0.15, -0.1) is 11.3 Å². The monoisotopic (exact) mass is 353 g/mol. The highest BCUT2D eigenvalue weighted by Gasteiger charge is 2.12. The van der Waals surface area contributed by atoms with Crippen molar-refractivity contribution in [2.24, 2.45) is 0 Å². The fraction of sp³-hybridized carbons (Fsp3) is 0.111. The van der Waals surface area contributed by atoms with Gasteiger partial charge in [-0.25, -0.2) is 4.79 Å². The summed E-state index contributed by atoms with van der Waals surface area (Å²) in [4.78, 5) is 33.4. The van der Waals surface area contributed by atoms with Crippen LogP contribution in [-0.4, -0.2) is 29.0 Å². The number of thiophene rings is 1. The van der Waals surface area contributed by atoms with Gasteiger partial charge >= 0.3 is 5.97 Å². The molecule has 2 heterocycles. The van der Waals surface area contributed by atoms with Gasteiger partial charge in [0.1, 0.15) is 5.69 Å². The number of carbonyl (C=O) groups is 2. The lowest BCUT2D eigenvalue weighted by molar-refractivity contribution is 0.0600. The minimum Gasteiger partial charge on any atom is -0.465 e. The van der Waals surface area contributed by atoms with Crippen molar-refractivity contribution in [3.8, 4) is 10.6 Å². The van der Waals surface area contributed by atoms with Crippen LogP contribution in [0.2, 0.25) is 0 Å². The molecule has 6 nitrogen and oxygen atoms in total. The van der Waals surface area contributed by atoms with Gasteiger partial charge < -0.3 is 10.1 Å². The zero-order valence-electron chi connectivity index (χ0n) is 13.4. The first kappa shape index (κ1) is 16.8. The lowest BCUT2D eigenvalue weighted by Gasteiger charge is -2.08. The molecule has 0 spiro atoms. The third kappa shape index (κ3) is 3.89. The Morgan fingerprint density at radius 1 is 1.08 bits per heavy atom. The molecule has 0 bridgehead atoms. The van der Waals surface area contributed by atoms with E-state index in [1.807, 2.05) is 17.5 Å². The van der Waals surface area contributed by atoms with Crippen LogP contribution in [0.4, 0.5) is 0 Å². The van der Waals surface area contributed by atoms with Crippen LogP contribution in [0.15, 0.2) is 54.2 Å². The van der Waals surface area contributed by atoms with Crippen molar-refractivity contribution >= 4 is 23.2 Å². The summed E-state index contributed by atoms with van der Waals surface area (Å²) in [5, 5.41) is 4.79. The van der Waals surface area contributed by atoms with Gasteiger partial charge in [0.25, 0.3) is 5.91 Å². The molecule has 1 N–H and O–H groups in total. The molecule has 0 aliphatic heterocycles. The number of nitrogens with zero attached hydrogens (tertiary/aromatic N) is 2. The maximum absolute atomic E-state index is 12.3. The third-order valence-corrected chi connectivity index (χ3v) is 4.39. The Kier molecular flexibility index (Phi) is 5.15. The molecular formula is C18H15N3O3S. The minimum absolute atomic E-state index is 0.251. The fourth-order valence-corrected chi connectivity index (χ4v) is 3.00. The number of ether oxygens (including phenoxy) is 1. The Morgan fingerprint density at radius 2 is 1.80 bits per heavy atom. The third-order valence-electron chi connectivity index (χ3n) is 3.51. The number of benzene rings is 1. The van der Waals surface area contributed by atoms with E-state index in [0.29, 0.717) is 16.8 Å². The average molecular weight is 353 g/mol. The van der Waals surface area contributed by atoms with Gasteiger partial charge in [0.05, 0.1) is 29.8 Å². The first-order valence-electron chi connectivity index (χ1n) is 7.49.